The molecule has 1 fully saturated rings. The van der Waals surface area contributed by atoms with Gasteiger partial charge >= 0.3 is 0 Å². The predicted octanol–water partition coefficient (Wildman–Crippen LogP) is 4.03. The van der Waals surface area contributed by atoms with Gasteiger partial charge < -0.3 is 24.0 Å². The summed E-state index contributed by atoms with van der Waals surface area (Å²) in [6.45, 7) is 5.06. The SMILES string of the molecule is COc1cc2c(cc1OC)CN(C(=O)CC1CCCN(CCCOc3ccc(C#N)cc3)C1)CC2. The highest BCUT2D eigenvalue weighted by atomic mass is 16.5. The van der Waals surface area contributed by atoms with Crippen molar-refractivity contribution in [3.05, 3.63) is 53.1 Å². The van der Waals surface area contributed by atoms with Crippen molar-refractivity contribution in [1.82, 2.24) is 9.80 Å². The largest absolute Gasteiger partial charge is 0.494 e. The first kappa shape index (κ1) is 24.9. The minimum atomic E-state index is 0.251. The van der Waals surface area contributed by atoms with Crippen LogP contribution in [-0.4, -0.2) is 62.7 Å². The van der Waals surface area contributed by atoms with Crippen molar-refractivity contribution in [2.24, 2.45) is 5.92 Å². The lowest BCUT2D eigenvalue weighted by Gasteiger charge is -2.35. The van der Waals surface area contributed by atoms with Gasteiger partial charge in [0.05, 0.1) is 32.5 Å². The number of hydrogen-bond donors (Lipinski definition) is 0. The average molecular weight is 478 g/mol. The Morgan fingerprint density at radius 3 is 2.54 bits per heavy atom. The van der Waals surface area contributed by atoms with Gasteiger partial charge in [-0.3, -0.25) is 4.79 Å². The second-order valence-electron chi connectivity index (χ2n) is 9.39. The number of nitriles is 1. The van der Waals surface area contributed by atoms with E-state index in [9.17, 15) is 4.79 Å². The van der Waals surface area contributed by atoms with E-state index in [1.165, 1.54) is 5.56 Å². The number of hydrogen-bond acceptors (Lipinski definition) is 6. The normalized spacial score (nSPS) is 17.9. The van der Waals surface area contributed by atoms with Crippen molar-refractivity contribution < 1.29 is 19.0 Å². The summed E-state index contributed by atoms with van der Waals surface area (Å²) in [6, 6.07) is 13.4. The maximum Gasteiger partial charge on any atom is 0.223 e. The Hall–Kier alpha value is -3.24. The van der Waals surface area contributed by atoms with Crippen LogP contribution in [0.4, 0.5) is 0 Å². The molecular formula is C28H35N3O4. The molecule has 0 aromatic heterocycles. The number of piperidine rings is 1. The summed E-state index contributed by atoms with van der Waals surface area (Å²) >= 11 is 0. The first-order chi connectivity index (χ1) is 17.1. The number of methoxy groups -OCH3 is 2. The highest BCUT2D eigenvalue weighted by molar-refractivity contribution is 5.77. The Kier molecular flexibility index (Phi) is 8.49. The molecule has 2 aromatic carbocycles. The van der Waals surface area contributed by atoms with E-state index >= 15 is 0 Å². The van der Waals surface area contributed by atoms with Gasteiger partial charge in [-0.25, -0.2) is 0 Å². The smallest absolute Gasteiger partial charge is 0.223 e. The van der Waals surface area contributed by atoms with Gasteiger partial charge in [-0.1, -0.05) is 0 Å². The molecule has 186 valence electrons. The lowest BCUT2D eigenvalue weighted by atomic mass is 9.93. The topological polar surface area (TPSA) is 75.0 Å². The number of fused-ring (bicyclic) bond motifs is 1. The van der Waals surface area contributed by atoms with E-state index in [0.29, 0.717) is 36.8 Å². The Morgan fingerprint density at radius 2 is 1.83 bits per heavy atom. The quantitative estimate of drug-likeness (QED) is 0.508. The highest BCUT2D eigenvalue weighted by Gasteiger charge is 2.27. The molecule has 7 nitrogen and oxygen atoms in total. The number of carbonyl (C=O) groups is 1. The molecule has 1 unspecified atom stereocenters. The molecule has 2 aliphatic heterocycles. The lowest BCUT2D eigenvalue weighted by Crippen LogP contribution is -2.41. The zero-order chi connectivity index (χ0) is 24.6. The Balaban J connectivity index is 1.22. The van der Waals surface area contributed by atoms with Gasteiger partial charge in [0, 0.05) is 32.6 Å². The van der Waals surface area contributed by atoms with Crippen LogP contribution in [0.1, 0.15) is 42.4 Å². The molecule has 0 spiro atoms. The molecule has 0 saturated carbocycles. The number of benzene rings is 2. The van der Waals surface area contributed by atoms with Gasteiger partial charge in [-0.05, 0) is 85.7 Å². The first-order valence-corrected chi connectivity index (χ1v) is 12.5. The van der Waals surface area contributed by atoms with E-state index in [-0.39, 0.29) is 5.91 Å². The van der Waals surface area contributed by atoms with Crippen LogP contribution >= 0.6 is 0 Å². The van der Waals surface area contributed by atoms with E-state index in [0.717, 1.165) is 68.9 Å². The molecule has 7 heteroatoms. The van der Waals surface area contributed by atoms with Crippen LogP contribution in [0, 0.1) is 17.2 Å². The van der Waals surface area contributed by atoms with Crippen molar-refractivity contribution >= 4 is 5.91 Å². The standard InChI is InChI=1S/C28H35N3O4/c1-33-26-16-23-10-13-31(20-24(23)17-27(26)34-2)28(32)15-22-5-3-11-30(19-22)12-4-14-35-25-8-6-21(18-29)7-9-25/h6-9,16-17,22H,3-5,10-15,19-20H2,1-2H3. The second kappa shape index (κ2) is 11.9. The minimum absolute atomic E-state index is 0.251. The second-order valence-corrected chi connectivity index (χ2v) is 9.39. The van der Waals surface area contributed by atoms with Gasteiger partial charge in [-0.15, -0.1) is 0 Å². The van der Waals surface area contributed by atoms with Crippen molar-refractivity contribution in [2.75, 3.05) is 47.0 Å². The van der Waals surface area contributed by atoms with Gasteiger partial charge in [0.1, 0.15) is 5.75 Å². The fourth-order valence-electron chi connectivity index (χ4n) is 5.10. The molecule has 0 N–H and O–H groups in total. The third-order valence-corrected chi connectivity index (χ3v) is 7.01. The summed E-state index contributed by atoms with van der Waals surface area (Å²) < 4.78 is 16.7. The van der Waals surface area contributed by atoms with Crippen molar-refractivity contribution in [2.45, 2.75) is 38.6 Å². The predicted molar refractivity (Wildman–Crippen MR) is 134 cm³/mol. The Morgan fingerprint density at radius 1 is 1.09 bits per heavy atom. The van der Waals surface area contributed by atoms with Crippen LogP contribution < -0.4 is 14.2 Å². The summed E-state index contributed by atoms with van der Waals surface area (Å²) in [6.07, 6.45) is 4.64. The summed E-state index contributed by atoms with van der Waals surface area (Å²) in [5.74, 6) is 2.91. The van der Waals surface area contributed by atoms with E-state index in [1.807, 2.05) is 29.2 Å². The molecule has 1 saturated heterocycles. The van der Waals surface area contributed by atoms with E-state index in [1.54, 1.807) is 26.4 Å². The van der Waals surface area contributed by atoms with Crippen molar-refractivity contribution in [3.63, 3.8) is 0 Å². The number of nitrogens with zero attached hydrogens (tertiary/aromatic N) is 3. The fraction of sp³-hybridized carbons (Fsp3) is 0.500. The Labute approximate surface area is 208 Å². The van der Waals surface area contributed by atoms with Gasteiger partial charge in [-0.2, -0.15) is 5.26 Å². The average Bonchev–Trinajstić information content (AvgIpc) is 2.90. The van der Waals surface area contributed by atoms with Crippen LogP contribution in [-0.2, 0) is 17.8 Å². The number of amides is 1. The van der Waals surface area contributed by atoms with Crippen molar-refractivity contribution in [3.8, 4) is 23.3 Å². The van der Waals surface area contributed by atoms with Crippen LogP contribution in [0.2, 0.25) is 0 Å². The van der Waals surface area contributed by atoms with Gasteiger partial charge in [0.15, 0.2) is 11.5 Å². The van der Waals surface area contributed by atoms with Gasteiger partial charge in [0.25, 0.3) is 0 Å². The molecular weight excluding hydrogens is 442 g/mol. The maximum absolute atomic E-state index is 13.1. The number of carbonyl (C=O) groups excluding carboxylic acids is 1. The zero-order valence-electron chi connectivity index (χ0n) is 20.8. The Bertz CT molecular complexity index is 1050. The summed E-state index contributed by atoms with van der Waals surface area (Å²) in [5, 5.41) is 8.88. The van der Waals surface area contributed by atoms with Crippen LogP contribution in [0.15, 0.2) is 36.4 Å². The third kappa shape index (κ3) is 6.46. The fourth-order valence-corrected chi connectivity index (χ4v) is 5.10. The summed E-state index contributed by atoms with van der Waals surface area (Å²) in [7, 11) is 3.29. The van der Waals surface area contributed by atoms with Crippen LogP contribution in [0.25, 0.3) is 0 Å². The van der Waals surface area contributed by atoms with Crippen LogP contribution in [0.3, 0.4) is 0 Å². The molecule has 35 heavy (non-hydrogen) atoms. The highest BCUT2D eigenvalue weighted by Crippen LogP contribution is 2.33. The van der Waals surface area contributed by atoms with Crippen molar-refractivity contribution in [1.29, 1.82) is 5.26 Å². The molecule has 4 rings (SSSR count). The lowest BCUT2D eigenvalue weighted by molar-refractivity contribution is -0.133. The number of likely N-dealkylation sites (tertiary alicyclic amines) is 1. The molecule has 2 heterocycles. The van der Waals surface area contributed by atoms with E-state index in [4.69, 9.17) is 19.5 Å². The van der Waals surface area contributed by atoms with E-state index in [2.05, 4.69) is 11.0 Å². The molecule has 0 aliphatic carbocycles. The number of ether oxygens (including phenoxy) is 3. The van der Waals surface area contributed by atoms with E-state index < -0.39 is 0 Å². The molecule has 0 radical (unpaired) electrons. The summed E-state index contributed by atoms with van der Waals surface area (Å²) in [4.78, 5) is 17.6. The number of rotatable bonds is 9. The summed E-state index contributed by atoms with van der Waals surface area (Å²) in [5.41, 5.74) is 3.02. The van der Waals surface area contributed by atoms with Crippen LogP contribution in [0.5, 0.6) is 17.2 Å². The third-order valence-electron chi connectivity index (χ3n) is 7.01. The maximum atomic E-state index is 13.1. The zero-order valence-corrected chi connectivity index (χ0v) is 20.8. The first-order valence-electron chi connectivity index (χ1n) is 12.5. The molecule has 2 aromatic rings. The minimum Gasteiger partial charge on any atom is -0.494 e. The van der Waals surface area contributed by atoms with Gasteiger partial charge in [0.2, 0.25) is 5.91 Å². The monoisotopic (exact) mass is 477 g/mol. The molecule has 1 amide bonds. The molecule has 2 aliphatic rings. The molecule has 1 atom stereocenters. The molecule has 0 bridgehead atoms.